The molecule has 3 heteroatoms. The molecule has 0 saturated heterocycles. The molecule has 2 atom stereocenters. The highest BCUT2D eigenvalue weighted by Gasteiger charge is 2.20. The van der Waals surface area contributed by atoms with Crippen molar-refractivity contribution in [3.8, 4) is 0 Å². The van der Waals surface area contributed by atoms with E-state index < -0.39 is 6.10 Å². The second kappa shape index (κ2) is 4.07. The molecule has 0 fully saturated rings. The van der Waals surface area contributed by atoms with Crippen LogP contribution in [0.15, 0.2) is 30.3 Å². The van der Waals surface area contributed by atoms with Gasteiger partial charge in [0.1, 0.15) is 5.84 Å². The van der Waals surface area contributed by atoms with Gasteiger partial charge in [-0.05, 0) is 0 Å². The third-order valence-corrected chi connectivity index (χ3v) is 1.81. The number of nitrogens with zero attached hydrogens (tertiary/aromatic N) is 1. The van der Waals surface area contributed by atoms with Crippen LogP contribution in [-0.4, -0.2) is 29.6 Å². The molecule has 1 aliphatic rings. The summed E-state index contributed by atoms with van der Waals surface area (Å²) in [6.45, 7) is 7.81. The number of hydrogen-bond acceptors (Lipinski definition) is 3. The van der Waals surface area contributed by atoms with Crippen LogP contribution < -0.4 is 5.32 Å². The normalized spacial score (nSPS) is 24.1. The highest BCUT2D eigenvalue weighted by atomic mass is 16.3. The monoisotopic (exact) mass is 166 g/mol. The lowest BCUT2D eigenvalue weighted by atomic mass is 10.2. The third-order valence-electron chi connectivity index (χ3n) is 1.81. The summed E-state index contributed by atoms with van der Waals surface area (Å²) in [6, 6.07) is -0.0718. The van der Waals surface area contributed by atoms with E-state index in [2.05, 4.69) is 23.5 Å². The Morgan fingerprint density at radius 2 is 2.50 bits per heavy atom. The smallest absolute Gasteiger partial charge is 0.101 e. The molecule has 0 saturated carbocycles. The Labute approximate surface area is 72.5 Å². The van der Waals surface area contributed by atoms with E-state index in [1.165, 1.54) is 6.08 Å². The lowest BCUT2D eigenvalue weighted by Crippen LogP contribution is -2.27. The average Bonchev–Trinajstić information content (AvgIpc) is 2.52. The highest BCUT2D eigenvalue weighted by molar-refractivity contribution is 5.85. The van der Waals surface area contributed by atoms with E-state index in [0.717, 1.165) is 12.3 Å². The van der Waals surface area contributed by atoms with Crippen LogP contribution in [0, 0.1) is 0 Å². The highest BCUT2D eigenvalue weighted by Crippen LogP contribution is 2.06. The summed E-state index contributed by atoms with van der Waals surface area (Å²) in [7, 11) is 0. The van der Waals surface area contributed by atoms with Crippen LogP contribution in [0.25, 0.3) is 0 Å². The molecular weight excluding hydrogens is 152 g/mol. The minimum atomic E-state index is -0.542. The fourth-order valence-corrected chi connectivity index (χ4v) is 1.13. The molecular formula is C9H14N2O. The number of aliphatic hydroxyl groups is 1. The number of aliphatic imine (C=N–C) groups is 1. The van der Waals surface area contributed by atoms with Crippen LogP contribution in [0.1, 0.15) is 6.42 Å². The van der Waals surface area contributed by atoms with E-state index in [4.69, 9.17) is 0 Å². The van der Waals surface area contributed by atoms with Gasteiger partial charge in [0.15, 0.2) is 0 Å². The van der Waals surface area contributed by atoms with Crippen LogP contribution in [0.3, 0.4) is 0 Å². The summed E-state index contributed by atoms with van der Waals surface area (Å²) >= 11 is 0. The maximum atomic E-state index is 9.35. The predicted molar refractivity (Wildman–Crippen MR) is 50.2 cm³/mol. The van der Waals surface area contributed by atoms with Crippen LogP contribution in [0.5, 0.6) is 0 Å². The molecule has 1 aliphatic heterocycles. The van der Waals surface area contributed by atoms with Gasteiger partial charge in [0, 0.05) is 13.0 Å². The van der Waals surface area contributed by atoms with Crippen molar-refractivity contribution in [3.05, 3.63) is 25.3 Å². The molecule has 66 valence electrons. The molecule has 0 aliphatic carbocycles. The molecule has 0 radical (unpaired) electrons. The van der Waals surface area contributed by atoms with Crippen LogP contribution in [0.2, 0.25) is 0 Å². The third kappa shape index (κ3) is 1.95. The predicted octanol–water partition coefficient (Wildman–Crippen LogP) is 0.480. The van der Waals surface area contributed by atoms with Crippen molar-refractivity contribution >= 4 is 5.84 Å². The van der Waals surface area contributed by atoms with Gasteiger partial charge in [0.2, 0.25) is 0 Å². The van der Waals surface area contributed by atoms with Crippen LogP contribution in [-0.2, 0) is 0 Å². The first kappa shape index (κ1) is 9.00. The molecule has 2 unspecified atom stereocenters. The number of hydrogen-bond donors (Lipinski definition) is 2. The van der Waals surface area contributed by atoms with Crippen molar-refractivity contribution in [1.82, 2.24) is 5.32 Å². The van der Waals surface area contributed by atoms with Gasteiger partial charge in [-0.3, -0.25) is 4.99 Å². The molecule has 0 spiro atoms. The Morgan fingerprint density at radius 1 is 1.75 bits per heavy atom. The van der Waals surface area contributed by atoms with E-state index in [9.17, 15) is 5.11 Å². The SMILES string of the molecule is C=CCC1=NC(C(O)C=C)CN1. The second-order valence-corrected chi connectivity index (χ2v) is 2.74. The molecule has 2 N–H and O–H groups in total. The molecule has 1 heterocycles. The van der Waals surface area contributed by atoms with E-state index in [1.807, 2.05) is 0 Å². The molecule has 0 aromatic heterocycles. The van der Waals surface area contributed by atoms with Gasteiger partial charge in [-0.25, -0.2) is 0 Å². The molecule has 0 amide bonds. The summed E-state index contributed by atoms with van der Waals surface area (Å²) in [5.41, 5.74) is 0. The summed E-state index contributed by atoms with van der Waals surface area (Å²) in [6.07, 6.45) is 3.49. The summed E-state index contributed by atoms with van der Waals surface area (Å²) in [5.74, 6) is 0.899. The van der Waals surface area contributed by atoms with Crippen molar-refractivity contribution in [3.63, 3.8) is 0 Å². The lowest BCUT2D eigenvalue weighted by molar-refractivity contribution is 0.197. The van der Waals surface area contributed by atoms with Crippen molar-refractivity contribution in [1.29, 1.82) is 0 Å². The first-order valence-corrected chi connectivity index (χ1v) is 4.00. The number of rotatable bonds is 4. The number of nitrogens with one attached hydrogen (secondary N) is 1. The maximum Gasteiger partial charge on any atom is 0.101 e. The Kier molecular flexibility index (Phi) is 3.05. The molecule has 12 heavy (non-hydrogen) atoms. The molecule has 0 aromatic rings. The first-order chi connectivity index (χ1) is 5.77. The molecule has 1 rings (SSSR count). The molecule has 3 nitrogen and oxygen atoms in total. The first-order valence-electron chi connectivity index (χ1n) is 4.00. The zero-order valence-corrected chi connectivity index (χ0v) is 7.03. The Balaban J connectivity index is 2.51. The molecule has 0 aromatic carbocycles. The van der Waals surface area contributed by atoms with Gasteiger partial charge in [-0.1, -0.05) is 12.2 Å². The largest absolute Gasteiger partial charge is 0.387 e. The fourth-order valence-electron chi connectivity index (χ4n) is 1.13. The minimum absolute atomic E-state index is 0.0718. The number of amidine groups is 1. The van der Waals surface area contributed by atoms with E-state index in [1.54, 1.807) is 6.08 Å². The van der Waals surface area contributed by atoms with E-state index >= 15 is 0 Å². The average molecular weight is 166 g/mol. The van der Waals surface area contributed by atoms with Crippen LogP contribution in [0.4, 0.5) is 0 Å². The fraction of sp³-hybridized carbons (Fsp3) is 0.444. The zero-order valence-electron chi connectivity index (χ0n) is 7.03. The zero-order chi connectivity index (χ0) is 8.97. The second-order valence-electron chi connectivity index (χ2n) is 2.74. The van der Waals surface area contributed by atoms with E-state index in [0.29, 0.717) is 6.54 Å². The van der Waals surface area contributed by atoms with Gasteiger partial charge in [0.05, 0.1) is 12.1 Å². The van der Waals surface area contributed by atoms with Crippen molar-refractivity contribution < 1.29 is 5.11 Å². The summed E-state index contributed by atoms with van der Waals surface area (Å²) < 4.78 is 0. The summed E-state index contributed by atoms with van der Waals surface area (Å²) in [5, 5.41) is 12.4. The van der Waals surface area contributed by atoms with E-state index in [-0.39, 0.29) is 6.04 Å². The Morgan fingerprint density at radius 3 is 3.08 bits per heavy atom. The number of aliphatic hydroxyl groups excluding tert-OH is 1. The maximum absolute atomic E-state index is 9.35. The summed E-state index contributed by atoms with van der Waals surface area (Å²) in [4.78, 5) is 4.26. The standard InChI is InChI=1S/C9H14N2O/c1-3-5-9-10-6-7(11-9)8(12)4-2/h3-4,7-8,12H,1-2,5-6H2,(H,10,11). The van der Waals surface area contributed by atoms with Crippen molar-refractivity contribution in [2.24, 2.45) is 4.99 Å². The minimum Gasteiger partial charge on any atom is -0.387 e. The van der Waals surface area contributed by atoms with Crippen LogP contribution >= 0.6 is 0 Å². The molecule has 0 bridgehead atoms. The van der Waals surface area contributed by atoms with Gasteiger partial charge in [0.25, 0.3) is 0 Å². The topological polar surface area (TPSA) is 44.6 Å². The Hall–Kier alpha value is -1.09. The van der Waals surface area contributed by atoms with Gasteiger partial charge in [-0.2, -0.15) is 0 Å². The van der Waals surface area contributed by atoms with Crippen molar-refractivity contribution in [2.75, 3.05) is 6.54 Å². The van der Waals surface area contributed by atoms with Crippen molar-refractivity contribution in [2.45, 2.75) is 18.6 Å². The Bertz CT molecular complexity index is 211. The van der Waals surface area contributed by atoms with Gasteiger partial charge in [-0.15, -0.1) is 13.2 Å². The lowest BCUT2D eigenvalue weighted by Gasteiger charge is -2.08. The van der Waals surface area contributed by atoms with Gasteiger partial charge < -0.3 is 10.4 Å². The van der Waals surface area contributed by atoms with Gasteiger partial charge >= 0.3 is 0 Å². The quantitative estimate of drug-likeness (QED) is 0.597.